The molecule has 0 spiro atoms. The molecule has 0 fully saturated rings. The molecule has 0 radical (unpaired) electrons. The number of nitrogens with one attached hydrogen (secondary N) is 1. The molecule has 20 heavy (non-hydrogen) atoms. The SMILES string of the molecule is CC(C)(C)NCc1cnccc1Oc1cncc(Br)c1. The van der Waals surface area contributed by atoms with Crippen molar-refractivity contribution in [1.29, 1.82) is 0 Å². The van der Waals surface area contributed by atoms with Crippen molar-refractivity contribution in [3.63, 3.8) is 0 Å². The molecule has 2 rings (SSSR count). The summed E-state index contributed by atoms with van der Waals surface area (Å²) in [4.78, 5) is 8.25. The van der Waals surface area contributed by atoms with Crippen LogP contribution in [0.4, 0.5) is 0 Å². The molecule has 0 atom stereocenters. The third-order valence-corrected chi connectivity index (χ3v) is 3.01. The van der Waals surface area contributed by atoms with Gasteiger partial charge in [0, 0.05) is 40.7 Å². The first-order valence-electron chi connectivity index (χ1n) is 6.40. The average Bonchev–Trinajstić information content (AvgIpc) is 2.37. The minimum atomic E-state index is 0.0461. The van der Waals surface area contributed by atoms with Crippen LogP contribution in [0.25, 0.3) is 0 Å². The molecule has 5 heteroatoms. The molecule has 0 aliphatic carbocycles. The van der Waals surface area contributed by atoms with Gasteiger partial charge < -0.3 is 10.1 Å². The Morgan fingerprint density at radius 2 is 2.00 bits per heavy atom. The highest BCUT2D eigenvalue weighted by Gasteiger charge is 2.11. The fourth-order valence-corrected chi connectivity index (χ4v) is 1.93. The maximum Gasteiger partial charge on any atom is 0.146 e. The van der Waals surface area contributed by atoms with Crippen molar-refractivity contribution in [3.05, 3.63) is 47.0 Å². The third kappa shape index (κ3) is 4.58. The van der Waals surface area contributed by atoms with Gasteiger partial charge in [0.2, 0.25) is 0 Å². The molecule has 4 nitrogen and oxygen atoms in total. The van der Waals surface area contributed by atoms with Crippen LogP contribution in [0.15, 0.2) is 41.4 Å². The highest BCUT2D eigenvalue weighted by Crippen LogP contribution is 2.26. The van der Waals surface area contributed by atoms with E-state index in [4.69, 9.17) is 4.74 Å². The number of ether oxygens (including phenoxy) is 1. The molecule has 0 saturated carbocycles. The second-order valence-electron chi connectivity index (χ2n) is 5.53. The smallest absolute Gasteiger partial charge is 0.146 e. The Morgan fingerprint density at radius 3 is 2.70 bits per heavy atom. The van der Waals surface area contributed by atoms with Gasteiger partial charge in [-0.1, -0.05) is 0 Å². The van der Waals surface area contributed by atoms with Crippen LogP contribution in [-0.2, 0) is 6.54 Å². The summed E-state index contributed by atoms with van der Waals surface area (Å²) in [5.74, 6) is 1.49. The fraction of sp³-hybridized carbons (Fsp3) is 0.333. The van der Waals surface area contributed by atoms with Crippen LogP contribution in [0.5, 0.6) is 11.5 Å². The minimum Gasteiger partial charge on any atom is -0.455 e. The molecule has 0 aliphatic heterocycles. The van der Waals surface area contributed by atoms with E-state index in [0.29, 0.717) is 12.3 Å². The van der Waals surface area contributed by atoms with Crippen molar-refractivity contribution in [2.45, 2.75) is 32.9 Å². The Labute approximate surface area is 127 Å². The largest absolute Gasteiger partial charge is 0.455 e. The lowest BCUT2D eigenvalue weighted by molar-refractivity contribution is 0.413. The maximum atomic E-state index is 5.88. The van der Waals surface area contributed by atoms with Crippen molar-refractivity contribution in [2.24, 2.45) is 0 Å². The number of rotatable bonds is 4. The summed E-state index contributed by atoms with van der Waals surface area (Å²) >= 11 is 3.38. The molecule has 2 aromatic rings. The Bertz CT molecular complexity index is 581. The molecule has 0 bridgehead atoms. The van der Waals surface area contributed by atoms with Gasteiger partial charge in [0.05, 0.1) is 6.20 Å². The van der Waals surface area contributed by atoms with Gasteiger partial charge in [-0.2, -0.15) is 0 Å². The zero-order valence-electron chi connectivity index (χ0n) is 11.9. The zero-order valence-corrected chi connectivity index (χ0v) is 13.4. The Kier molecular flexibility index (Phi) is 4.73. The number of nitrogens with zero attached hydrogens (tertiary/aromatic N) is 2. The van der Waals surface area contributed by atoms with Crippen LogP contribution in [0.1, 0.15) is 26.3 Å². The van der Waals surface area contributed by atoms with Crippen molar-refractivity contribution in [3.8, 4) is 11.5 Å². The van der Waals surface area contributed by atoms with Gasteiger partial charge in [0.25, 0.3) is 0 Å². The number of hydrogen-bond donors (Lipinski definition) is 1. The Morgan fingerprint density at radius 1 is 1.20 bits per heavy atom. The molecule has 0 unspecified atom stereocenters. The Balaban J connectivity index is 2.15. The number of halogens is 1. The maximum absolute atomic E-state index is 5.88. The summed E-state index contributed by atoms with van der Waals surface area (Å²) in [5.41, 5.74) is 1.06. The van der Waals surface area contributed by atoms with E-state index in [0.717, 1.165) is 15.8 Å². The van der Waals surface area contributed by atoms with Crippen LogP contribution in [0.3, 0.4) is 0 Å². The first-order valence-corrected chi connectivity index (χ1v) is 7.20. The standard InChI is InChI=1S/C15H18BrN3O/c1-15(2,3)19-8-11-7-17-5-4-14(11)20-13-6-12(16)9-18-10-13/h4-7,9-10,19H,8H2,1-3H3. The number of aromatic nitrogens is 2. The lowest BCUT2D eigenvalue weighted by Gasteiger charge is -2.21. The molecule has 0 aromatic carbocycles. The van der Waals surface area contributed by atoms with E-state index in [9.17, 15) is 0 Å². The van der Waals surface area contributed by atoms with Crippen LogP contribution in [0, 0.1) is 0 Å². The van der Waals surface area contributed by atoms with Gasteiger partial charge in [-0.05, 0) is 48.8 Å². The van der Waals surface area contributed by atoms with E-state index >= 15 is 0 Å². The van der Waals surface area contributed by atoms with E-state index < -0.39 is 0 Å². The van der Waals surface area contributed by atoms with Gasteiger partial charge in [0.15, 0.2) is 0 Å². The third-order valence-electron chi connectivity index (χ3n) is 2.58. The molecule has 2 aromatic heterocycles. The topological polar surface area (TPSA) is 47.0 Å². The highest BCUT2D eigenvalue weighted by atomic mass is 79.9. The summed E-state index contributed by atoms with van der Waals surface area (Å²) in [6, 6.07) is 3.75. The summed E-state index contributed by atoms with van der Waals surface area (Å²) in [5, 5.41) is 3.43. The van der Waals surface area contributed by atoms with Crippen LogP contribution < -0.4 is 10.1 Å². The highest BCUT2D eigenvalue weighted by molar-refractivity contribution is 9.10. The van der Waals surface area contributed by atoms with Gasteiger partial charge >= 0.3 is 0 Å². The lowest BCUT2D eigenvalue weighted by Crippen LogP contribution is -2.35. The second kappa shape index (κ2) is 6.33. The van der Waals surface area contributed by atoms with E-state index in [2.05, 4.69) is 52.0 Å². The van der Waals surface area contributed by atoms with E-state index in [1.165, 1.54) is 0 Å². The minimum absolute atomic E-state index is 0.0461. The van der Waals surface area contributed by atoms with Gasteiger partial charge in [-0.15, -0.1) is 0 Å². The van der Waals surface area contributed by atoms with Crippen molar-refractivity contribution in [2.75, 3.05) is 0 Å². The van der Waals surface area contributed by atoms with E-state index in [1.807, 2.05) is 18.3 Å². The van der Waals surface area contributed by atoms with Crippen molar-refractivity contribution < 1.29 is 4.74 Å². The van der Waals surface area contributed by atoms with Crippen LogP contribution in [-0.4, -0.2) is 15.5 Å². The van der Waals surface area contributed by atoms with Gasteiger partial charge in [-0.3, -0.25) is 9.97 Å². The predicted octanol–water partition coefficient (Wildman–Crippen LogP) is 3.92. The first kappa shape index (κ1) is 14.9. The average molecular weight is 336 g/mol. The second-order valence-corrected chi connectivity index (χ2v) is 6.44. The molecule has 2 heterocycles. The molecular formula is C15H18BrN3O. The van der Waals surface area contributed by atoms with Crippen LogP contribution >= 0.6 is 15.9 Å². The van der Waals surface area contributed by atoms with Crippen molar-refractivity contribution in [1.82, 2.24) is 15.3 Å². The van der Waals surface area contributed by atoms with Crippen molar-refractivity contribution >= 4 is 15.9 Å². The molecule has 0 aliphatic rings. The normalized spacial score (nSPS) is 11.4. The molecule has 0 saturated heterocycles. The first-order chi connectivity index (χ1) is 9.44. The fourth-order valence-electron chi connectivity index (χ4n) is 1.58. The number of hydrogen-bond acceptors (Lipinski definition) is 4. The van der Waals surface area contributed by atoms with E-state index in [-0.39, 0.29) is 5.54 Å². The quantitative estimate of drug-likeness (QED) is 0.919. The molecule has 1 N–H and O–H groups in total. The zero-order chi connectivity index (χ0) is 14.6. The monoisotopic (exact) mass is 335 g/mol. The molecule has 106 valence electrons. The van der Waals surface area contributed by atoms with Gasteiger partial charge in [-0.25, -0.2) is 0 Å². The predicted molar refractivity (Wildman–Crippen MR) is 82.8 cm³/mol. The van der Waals surface area contributed by atoms with Crippen LogP contribution in [0.2, 0.25) is 0 Å². The summed E-state index contributed by atoms with van der Waals surface area (Å²) in [6.45, 7) is 7.08. The van der Waals surface area contributed by atoms with Gasteiger partial charge in [0.1, 0.15) is 11.5 Å². The lowest BCUT2D eigenvalue weighted by atomic mass is 10.1. The number of pyridine rings is 2. The summed E-state index contributed by atoms with van der Waals surface area (Å²) in [7, 11) is 0. The summed E-state index contributed by atoms with van der Waals surface area (Å²) in [6.07, 6.45) is 6.95. The Hall–Kier alpha value is -1.46. The molecule has 0 amide bonds. The molecular weight excluding hydrogens is 318 g/mol. The summed E-state index contributed by atoms with van der Waals surface area (Å²) < 4.78 is 6.77. The van der Waals surface area contributed by atoms with E-state index in [1.54, 1.807) is 18.6 Å².